The first-order chi connectivity index (χ1) is 10.9. The van der Waals surface area contributed by atoms with E-state index in [2.05, 4.69) is 0 Å². The van der Waals surface area contributed by atoms with Gasteiger partial charge in [-0.2, -0.15) is 0 Å². The molecule has 23 heavy (non-hydrogen) atoms. The van der Waals surface area contributed by atoms with Gasteiger partial charge in [-0.3, -0.25) is 20.2 Å². The molecule has 0 amide bonds. The first-order valence-electron chi connectivity index (χ1n) is 6.33. The summed E-state index contributed by atoms with van der Waals surface area (Å²) in [5, 5.41) is 21.3. The van der Waals surface area contributed by atoms with Crippen molar-refractivity contribution >= 4 is 34.5 Å². The van der Waals surface area contributed by atoms with Crippen LogP contribution in [0.4, 0.5) is 17.1 Å². The Kier molecular flexibility index (Phi) is 4.82. The second-order valence-electron chi connectivity index (χ2n) is 4.45. The predicted molar refractivity (Wildman–Crippen MR) is 87.8 cm³/mol. The van der Waals surface area contributed by atoms with Gasteiger partial charge in [0.1, 0.15) is 5.75 Å². The highest BCUT2D eigenvalue weighted by atomic mass is 32.1. The monoisotopic (exact) mass is 333 g/mol. The fourth-order valence-corrected chi connectivity index (χ4v) is 1.91. The second kappa shape index (κ2) is 6.79. The molecule has 0 aliphatic rings. The minimum atomic E-state index is -0.509. The van der Waals surface area contributed by atoms with Gasteiger partial charge in [0.2, 0.25) is 0 Å². The second-order valence-corrected chi connectivity index (χ2v) is 4.80. The maximum atomic E-state index is 10.6. The summed E-state index contributed by atoms with van der Waals surface area (Å²) in [5.74, 6) is 0.356. The number of anilines is 1. The van der Waals surface area contributed by atoms with Gasteiger partial charge in [-0.05, 0) is 36.5 Å². The molecule has 9 heteroatoms. The number of rotatable bonds is 4. The molecule has 2 aromatic rings. The molecule has 0 aromatic heterocycles. The van der Waals surface area contributed by atoms with Crippen LogP contribution in [-0.4, -0.2) is 22.1 Å². The Balaban J connectivity index is 2.07. The Morgan fingerprint density at radius 3 is 1.83 bits per heavy atom. The van der Waals surface area contributed by atoms with Crippen LogP contribution in [0, 0.1) is 20.2 Å². The summed E-state index contributed by atoms with van der Waals surface area (Å²) in [6, 6.07) is 11.3. The zero-order chi connectivity index (χ0) is 17.0. The lowest BCUT2D eigenvalue weighted by Crippen LogP contribution is -2.29. The molecule has 0 radical (unpaired) electrons. The van der Waals surface area contributed by atoms with Gasteiger partial charge in [0.25, 0.3) is 16.5 Å². The lowest BCUT2D eigenvalue weighted by molar-refractivity contribution is -0.385. The van der Waals surface area contributed by atoms with Crippen molar-refractivity contribution in [3.63, 3.8) is 0 Å². The van der Waals surface area contributed by atoms with Crippen LogP contribution < -0.4 is 9.64 Å². The van der Waals surface area contributed by atoms with E-state index in [0.717, 1.165) is 0 Å². The van der Waals surface area contributed by atoms with Crippen molar-refractivity contribution < 1.29 is 14.6 Å². The Morgan fingerprint density at radius 2 is 1.39 bits per heavy atom. The van der Waals surface area contributed by atoms with Crippen molar-refractivity contribution in [1.29, 1.82) is 0 Å². The molecule has 2 aromatic carbocycles. The SMILES string of the molecule is CN(C(=S)Oc1ccc([N+](=O)[O-])cc1)c1ccc([N+](=O)[O-])cc1. The van der Waals surface area contributed by atoms with E-state index >= 15 is 0 Å². The summed E-state index contributed by atoms with van der Waals surface area (Å²) in [4.78, 5) is 21.7. The molecular weight excluding hydrogens is 322 g/mol. The van der Waals surface area contributed by atoms with Gasteiger partial charge in [-0.1, -0.05) is 0 Å². The first-order valence-corrected chi connectivity index (χ1v) is 6.74. The molecule has 8 nitrogen and oxygen atoms in total. The van der Waals surface area contributed by atoms with Crippen molar-refractivity contribution in [1.82, 2.24) is 0 Å². The van der Waals surface area contributed by atoms with Crippen LogP contribution in [0.5, 0.6) is 5.75 Å². The van der Waals surface area contributed by atoms with Crippen LogP contribution in [0.25, 0.3) is 0 Å². The zero-order valence-electron chi connectivity index (χ0n) is 11.9. The highest BCUT2D eigenvalue weighted by molar-refractivity contribution is 7.80. The van der Waals surface area contributed by atoms with Gasteiger partial charge >= 0.3 is 0 Å². The molecule has 0 aliphatic heterocycles. The third-order valence-corrected chi connectivity index (χ3v) is 3.33. The summed E-state index contributed by atoms with van der Waals surface area (Å²) in [5.41, 5.74) is 0.541. The minimum Gasteiger partial charge on any atom is -0.432 e. The van der Waals surface area contributed by atoms with Crippen LogP contribution in [0.15, 0.2) is 48.5 Å². The normalized spacial score (nSPS) is 9.96. The Morgan fingerprint density at radius 1 is 0.957 bits per heavy atom. The number of thiocarbonyl (C=S) groups is 1. The fourth-order valence-electron chi connectivity index (χ4n) is 1.71. The third-order valence-electron chi connectivity index (χ3n) is 2.97. The summed E-state index contributed by atoms with van der Waals surface area (Å²) in [6.45, 7) is 0. The number of hydrogen-bond acceptors (Lipinski definition) is 6. The molecule has 0 bridgehead atoms. The van der Waals surface area contributed by atoms with Crippen LogP contribution in [0.3, 0.4) is 0 Å². The van der Waals surface area contributed by atoms with Gasteiger partial charge in [0.05, 0.1) is 9.85 Å². The molecule has 0 aliphatic carbocycles. The average Bonchev–Trinajstić information content (AvgIpc) is 2.54. The van der Waals surface area contributed by atoms with Crippen molar-refractivity contribution in [2.75, 3.05) is 11.9 Å². The van der Waals surface area contributed by atoms with Crippen LogP contribution >= 0.6 is 12.2 Å². The number of hydrogen-bond donors (Lipinski definition) is 0. The molecular formula is C14H11N3O5S. The minimum absolute atomic E-state index is 0.0237. The summed E-state index contributed by atoms with van der Waals surface area (Å²) in [6.07, 6.45) is 0. The van der Waals surface area contributed by atoms with Gasteiger partial charge in [-0.15, -0.1) is 0 Å². The molecule has 0 spiro atoms. The molecule has 2 rings (SSSR count). The van der Waals surface area contributed by atoms with Gasteiger partial charge in [-0.25, -0.2) is 0 Å². The lowest BCUT2D eigenvalue weighted by Gasteiger charge is -2.19. The highest BCUT2D eigenvalue weighted by Gasteiger charge is 2.12. The van der Waals surface area contributed by atoms with Crippen LogP contribution in [-0.2, 0) is 0 Å². The van der Waals surface area contributed by atoms with E-state index < -0.39 is 9.85 Å². The summed E-state index contributed by atoms with van der Waals surface area (Å²) in [7, 11) is 1.65. The average molecular weight is 333 g/mol. The predicted octanol–water partition coefficient (Wildman–Crippen LogP) is 3.30. The highest BCUT2D eigenvalue weighted by Crippen LogP contribution is 2.21. The maximum Gasteiger partial charge on any atom is 0.269 e. The molecule has 118 valence electrons. The lowest BCUT2D eigenvalue weighted by atomic mass is 10.3. The Hall–Kier alpha value is -3.07. The van der Waals surface area contributed by atoms with E-state index in [0.29, 0.717) is 11.4 Å². The van der Waals surface area contributed by atoms with Crippen LogP contribution in [0.2, 0.25) is 0 Å². The van der Waals surface area contributed by atoms with Crippen molar-refractivity contribution in [2.45, 2.75) is 0 Å². The first kappa shape index (κ1) is 16.3. The fraction of sp³-hybridized carbons (Fsp3) is 0.0714. The van der Waals surface area contributed by atoms with E-state index in [-0.39, 0.29) is 16.5 Å². The molecule has 0 saturated carbocycles. The van der Waals surface area contributed by atoms with Crippen LogP contribution in [0.1, 0.15) is 0 Å². The molecule has 0 N–H and O–H groups in total. The Bertz CT molecular complexity index is 746. The van der Waals surface area contributed by atoms with Gasteiger partial charge in [0.15, 0.2) is 0 Å². The van der Waals surface area contributed by atoms with Gasteiger partial charge < -0.3 is 9.64 Å². The number of nitro groups is 2. The zero-order valence-corrected chi connectivity index (χ0v) is 12.7. The van der Waals surface area contributed by atoms with E-state index in [1.165, 1.54) is 41.3 Å². The molecule has 0 atom stereocenters. The molecule has 0 saturated heterocycles. The summed E-state index contributed by atoms with van der Waals surface area (Å²) < 4.78 is 5.44. The molecule has 0 fully saturated rings. The largest absolute Gasteiger partial charge is 0.432 e. The van der Waals surface area contributed by atoms with Crippen molar-refractivity contribution in [3.05, 3.63) is 68.8 Å². The number of non-ortho nitro benzene ring substituents is 2. The quantitative estimate of drug-likeness (QED) is 0.481. The van der Waals surface area contributed by atoms with E-state index in [9.17, 15) is 20.2 Å². The van der Waals surface area contributed by atoms with E-state index in [1.807, 2.05) is 0 Å². The Labute approximate surface area is 136 Å². The maximum absolute atomic E-state index is 10.6. The number of ether oxygens (including phenoxy) is 1. The van der Waals surface area contributed by atoms with Crippen molar-refractivity contribution in [3.8, 4) is 5.75 Å². The van der Waals surface area contributed by atoms with Crippen molar-refractivity contribution in [2.24, 2.45) is 0 Å². The number of nitro benzene ring substituents is 2. The third kappa shape index (κ3) is 3.98. The smallest absolute Gasteiger partial charge is 0.269 e. The van der Waals surface area contributed by atoms with E-state index in [1.54, 1.807) is 19.2 Å². The van der Waals surface area contributed by atoms with E-state index in [4.69, 9.17) is 17.0 Å². The number of nitrogens with zero attached hydrogens (tertiary/aromatic N) is 3. The summed E-state index contributed by atoms with van der Waals surface area (Å²) >= 11 is 5.15. The molecule has 0 unspecified atom stereocenters. The topological polar surface area (TPSA) is 98.8 Å². The number of benzene rings is 2. The van der Waals surface area contributed by atoms with Gasteiger partial charge in [0, 0.05) is 37.0 Å². The standard InChI is InChI=1S/C14H11N3O5S/c1-15(10-2-4-11(5-3-10)16(18)19)14(23)22-13-8-6-12(7-9-13)17(20)21/h2-9H,1H3. The molecule has 0 heterocycles.